The number of aliphatic hydroxyl groups is 1. The van der Waals surface area contributed by atoms with Crippen LogP contribution in [0.1, 0.15) is 19.8 Å². The average molecular weight is 313 g/mol. The Bertz CT molecular complexity index is 498. The van der Waals surface area contributed by atoms with Crippen molar-refractivity contribution in [3.8, 4) is 0 Å². The number of rotatable bonds is 4. The van der Waals surface area contributed by atoms with Gasteiger partial charge in [-0.15, -0.1) is 11.8 Å². The molecule has 2 fully saturated rings. The third kappa shape index (κ3) is 2.37. The van der Waals surface area contributed by atoms with Crippen LogP contribution in [0.5, 0.6) is 0 Å². The monoisotopic (exact) mass is 313 g/mol. The number of carbonyl (C=O) groups is 2. The van der Waals surface area contributed by atoms with Crippen LogP contribution in [0.3, 0.4) is 0 Å². The Hall–Kier alpha value is -1.05. The molecule has 0 bridgehead atoms. The molecular weight excluding hydrogens is 294 g/mol. The van der Waals surface area contributed by atoms with Crippen LogP contribution in [-0.4, -0.2) is 53.7 Å². The number of allylic oxidation sites excluding steroid dienone is 1. The van der Waals surface area contributed by atoms with E-state index in [1.807, 2.05) is 0 Å². The number of methoxy groups -OCH3 is 1. The molecule has 3 rings (SSSR count). The molecule has 2 saturated heterocycles. The van der Waals surface area contributed by atoms with Crippen LogP contribution in [0, 0.1) is 11.8 Å². The van der Waals surface area contributed by atoms with Gasteiger partial charge in [-0.05, 0) is 25.7 Å². The molecule has 0 spiro atoms. The van der Waals surface area contributed by atoms with E-state index in [0.717, 1.165) is 24.4 Å². The SMILES string of the molecule is COC(=O)C1=C(CC2CCOC2)S[C@@H]2[C@@H]([C@@H](C)O)C(=O)N12. The fourth-order valence-corrected chi connectivity index (χ4v) is 4.81. The van der Waals surface area contributed by atoms with E-state index in [2.05, 4.69) is 0 Å². The summed E-state index contributed by atoms with van der Waals surface area (Å²) < 4.78 is 10.2. The lowest BCUT2D eigenvalue weighted by atomic mass is 9.92. The van der Waals surface area contributed by atoms with Gasteiger partial charge in [0, 0.05) is 18.1 Å². The van der Waals surface area contributed by atoms with Crippen molar-refractivity contribution < 1.29 is 24.2 Å². The summed E-state index contributed by atoms with van der Waals surface area (Å²) in [4.78, 5) is 26.6. The summed E-state index contributed by atoms with van der Waals surface area (Å²) in [5, 5.41) is 9.55. The summed E-state index contributed by atoms with van der Waals surface area (Å²) in [6.45, 7) is 3.05. The molecule has 3 heterocycles. The average Bonchev–Trinajstić information content (AvgIpc) is 3.04. The second kappa shape index (κ2) is 5.62. The zero-order chi connectivity index (χ0) is 15.1. The number of thioether (sulfide) groups is 1. The van der Waals surface area contributed by atoms with E-state index in [-0.39, 0.29) is 11.3 Å². The third-order valence-electron chi connectivity index (χ3n) is 4.25. The van der Waals surface area contributed by atoms with E-state index in [1.54, 1.807) is 6.92 Å². The maximum atomic E-state index is 12.2. The van der Waals surface area contributed by atoms with Crippen molar-refractivity contribution in [2.75, 3.05) is 20.3 Å². The molecule has 21 heavy (non-hydrogen) atoms. The topological polar surface area (TPSA) is 76.1 Å². The highest BCUT2D eigenvalue weighted by Crippen LogP contribution is 2.52. The van der Waals surface area contributed by atoms with Gasteiger partial charge < -0.3 is 14.6 Å². The molecule has 4 atom stereocenters. The molecule has 0 radical (unpaired) electrons. The van der Waals surface area contributed by atoms with Gasteiger partial charge in [0.05, 0.1) is 19.1 Å². The Morgan fingerprint density at radius 2 is 2.38 bits per heavy atom. The lowest BCUT2D eigenvalue weighted by molar-refractivity contribution is -0.157. The molecule has 116 valence electrons. The van der Waals surface area contributed by atoms with E-state index in [4.69, 9.17) is 9.47 Å². The predicted octanol–water partition coefficient (Wildman–Crippen LogP) is 0.710. The first-order valence-electron chi connectivity index (χ1n) is 7.11. The minimum absolute atomic E-state index is 0.177. The number of carbonyl (C=O) groups excluding carboxylic acids is 2. The molecule has 0 aromatic carbocycles. The van der Waals surface area contributed by atoms with Crippen LogP contribution in [0.2, 0.25) is 0 Å². The van der Waals surface area contributed by atoms with Crippen LogP contribution >= 0.6 is 11.8 Å². The van der Waals surface area contributed by atoms with E-state index >= 15 is 0 Å². The van der Waals surface area contributed by atoms with Gasteiger partial charge in [0.1, 0.15) is 11.1 Å². The van der Waals surface area contributed by atoms with Crippen molar-refractivity contribution in [2.45, 2.75) is 31.2 Å². The summed E-state index contributed by atoms with van der Waals surface area (Å²) in [7, 11) is 1.32. The summed E-state index contributed by atoms with van der Waals surface area (Å²) in [5.74, 6) is -0.727. The molecule has 7 heteroatoms. The second-order valence-electron chi connectivity index (χ2n) is 5.68. The Morgan fingerprint density at radius 3 is 2.95 bits per heavy atom. The Labute approximate surface area is 127 Å². The molecule has 0 aliphatic carbocycles. The zero-order valence-corrected chi connectivity index (χ0v) is 12.9. The van der Waals surface area contributed by atoms with Crippen molar-refractivity contribution >= 4 is 23.6 Å². The quantitative estimate of drug-likeness (QED) is 0.608. The van der Waals surface area contributed by atoms with Crippen molar-refractivity contribution in [3.63, 3.8) is 0 Å². The summed E-state index contributed by atoms with van der Waals surface area (Å²) in [6, 6.07) is 0. The van der Waals surface area contributed by atoms with E-state index in [1.165, 1.54) is 23.8 Å². The van der Waals surface area contributed by atoms with Crippen molar-refractivity contribution in [1.29, 1.82) is 0 Å². The second-order valence-corrected chi connectivity index (χ2v) is 6.89. The number of esters is 1. The fourth-order valence-electron chi connectivity index (χ4n) is 3.09. The Morgan fingerprint density at radius 1 is 1.62 bits per heavy atom. The van der Waals surface area contributed by atoms with Gasteiger partial charge in [-0.3, -0.25) is 9.69 Å². The van der Waals surface area contributed by atoms with Gasteiger partial charge in [-0.1, -0.05) is 0 Å². The van der Waals surface area contributed by atoms with Crippen LogP contribution in [0.15, 0.2) is 10.6 Å². The van der Waals surface area contributed by atoms with Gasteiger partial charge >= 0.3 is 5.97 Å². The fraction of sp³-hybridized carbons (Fsp3) is 0.714. The number of hydrogen-bond acceptors (Lipinski definition) is 6. The van der Waals surface area contributed by atoms with Crippen molar-refractivity contribution in [2.24, 2.45) is 11.8 Å². The van der Waals surface area contributed by atoms with Gasteiger partial charge in [-0.2, -0.15) is 0 Å². The molecule has 1 N–H and O–H groups in total. The molecule has 3 aliphatic rings. The minimum Gasteiger partial charge on any atom is -0.464 e. The molecule has 0 saturated carbocycles. The first-order chi connectivity index (χ1) is 10.0. The number of fused-ring (bicyclic) bond motifs is 1. The smallest absolute Gasteiger partial charge is 0.355 e. The van der Waals surface area contributed by atoms with Gasteiger partial charge in [0.15, 0.2) is 0 Å². The summed E-state index contributed by atoms with van der Waals surface area (Å²) in [6.07, 6.45) is 0.984. The van der Waals surface area contributed by atoms with Gasteiger partial charge in [0.25, 0.3) is 0 Å². The highest BCUT2D eigenvalue weighted by molar-refractivity contribution is 8.04. The highest BCUT2D eigenvalue weighted by atomic mass is 32.2. The van der Waals surface area contributed by atoms with Gasteiger partial charge in [0.2, 0.25) is 5.91 Å². The number of nitrogens with zero attached hydrogens (tertiary/aromatic N) is 1. The van der Waals surface area contributed by atoms with Crippen molar-refractivity contribution in [3.05, 3.63) is 10.6 Å². The lowest BCUT2D eigenvalue weighted by Crippen LogP contribution is -2.60. The maximum Gasteiger partial charge on any atom is 0.355 e. The van der Waals surface area contributed by atoms with E-state index in [9.17, 15) is 14.7 Å². The lowest BCUT2D eigenvalue weighted by Gasteiger charge is -2.43. The molecule has 1 amide bonds. The van der Waals surface area contributed by atoms with Crippen LogP contribution in [-0.2, 0) is 19.1 Å². The maximum absolute atomic E-state index is 12.2. The van der Waals surface area contributed by atoms with Crippen LogP contribution in [0.25, 0.3) is 0 Å². The predicted molar refractivity (Wildman–Crippen MR) is 76.0 cm³/mol. The standard InChI is InChI=1S/C14H19NO5S/c1-7(16)10-12(17)15-11(14(18)19-2)9(21-13(10)15)5-8-3-4-20-6-8/h7-8,10,13,16H,3-6H2,1-2H3/t7-,8?,10+,13-/m1/s1. The summed E-state index contributed by atoms with van der Waals surface area (Å²) in [5.41, 5.74) is 0.362. The Balaban J connectivity index is 1.83. The van der Waals surface area contributed by atoms with E-state index < -0.39 is 18.0 Å². The minimum atomic E-state index is -0.709. The highest BCUT2D eigenvalue weighted by Gasteiger charge is 2.57. The van der Waals surface area contributed by atoms with Gasteiger partial charge in [-0.25, -0.2) is 4.79 Å². The van der Waals surface area contributed by atoms with E-state index in [0.29, 0.717) is 18.2 Å². The normalized spacial score (nSPS) is 33.0. The number of hydrogen-bond donors (Lipinski definition) is 1. The number of aliphatic hydroxyl groups excluding tert-OH is 1. The number of amides is 1. The first-order valence-corrected chi connectivity index (χ1v) is 7.99. The third-order valence-corrected chi connectivity index (χ3v) is 5.64. The molecule has 0 aromatic heterocycles. The zero-order valence-electron chi connectivity index (χ0n) is 12.1. The summed E-state index contributed by atoms with van der Waals surface area (Å²) >= 11 is 1.51. The molecule has 3 aliphatic heterocycles. The first kappa shape index (κ1) is 14.9. The molecule has 1 unspecified atom stereocenters. The number of β-lactam (4-membered cyclic amide) rings is 1. The van der Waals surface area contributed by atoms with Crippen LogP contribution in [0.4, 0.5) is 0 Å². The Kier molecular flexibility index (Phi) is 3.98. The molecular formula is C14H19NO5S. The van der Waals surface area contributed by atoms with Crippen LogP contribution < -0.4 is 0 Å². The number of ether oxygens (including phenoxy) is 2. The molecule has 0 aromatic rings. The molecule has 6 nitrogen and oxygen atoms in total. The van der Waals surface area contributed by atoms with Crippen molar-refractivity contribution in [1.82, 2.24) is 4.90 Å². The largest absolute Gasteiger partial charge is 0.464 e.